The van der Waals surface area contributed by atoms with Crippen LogP contribution >= 0.6 is 24.8 Å². The molecule has 1 saturated heterocycles. The molecule has 0 amide bonds. The third-order valence-corrected chi connectivity index (χ3v) is 4.82. The van der Waals surface area contributed by atoms with Crippen LogP contribution in [0.1, 0.15) is 49.7 Å². The number of hydrogen-bond acceptors (Lipinski definition) is 4. The third kappa shape index (κ3) is 4.82. The first-order chi connectivity index (χ1) is 9.78. The van der Waals surface area contributed by atoms with Gasteiger partial charge in [-0.2, -0.15) is 0 Å². The SMILES string of the molecule is CNCCC1CCN(Cc2nnc(C3CC3)n2C)CC1.Cl.Cl. The highest BCUT2D eigenvalue weighted by Crippen LogP contribution is 2.38. The van der Waals surface area contributed by atoms with E-state index in [4.69, 9.17) is 0 Å². The van der Waals surface area contributed by atoms with Gasteiger partial charge in [-0.25, -0.2) is 0 Å². The molecule has 0 radical (unpaired) electrons. The van der Waals surface area contributed by atoms with Gasteiger partial charge in [0.15, 0.2) is 0 Å². The lowest BCUT2D eigenvalue weighted by atomic mass is 9.93. The van der Waals surface area contributed by atoms with Gasteiger partial charge in [-0.1, -0.05) is 0 Å². The molecule has 1 aromatic heterocycles. The lowest BCUT2D eigenvalue weighted by Gasteiger charge is -2.31. The first kappa shape index (κ1) is 19.7. The molecule has 2 heterocycles. The standard InChI is InChI=1S/C15H27N5.2ClH/c1-16-8-5-12-6-9-20(10-7-12)11-14-17-18-15(19(14)2)13-3-4-13;;/h12-13,16H,3-11H2,1-2H3;2*1H. The molecule has 22 heavy (non-hydrogen) atoms. The van der Waals surface area contributed by atoms with Crippen molar-refractivity contribution in [3.63, 3.8) is 0 Å². The van der Waals surface area contributed by atoms with Gasteiger partial charge >= 0.3 is 0 Å². The van der Waals surface area contributed by atoms with Crippen LogP contribution < -0.4 is 5.32 Å². The average Bonchev–Trinajstić information content (AvgIpc) is 3.24. The van der Waals surface area contributed by atoms with E-state index in [-0.39, 0.29) is 24.8 Å². The molecule has 0 aromatic carbocycles. The monoisotopic (exact) mass is 349 g/mol. The Labute approximate surface area is 146 Å². The summed E-state index contributed by atoms with van der Waals surface area (Å²) in [6.45, 7) is 4.54. The molecule has 2 aliphatic rings. The highest BCUT2D eigenvalue weighted by molar-refractivity contribution is 5.85. The van der Waals surface area contributed by atoms with E-state index in [0.717, 1.165) is 24.8 Å². The summed E-state index contributed by atoms with van der Waals surface area (Å²) in [5.74, 6) is 3.93. The molecule has 5 nitrogen and oxygen atoms in total. The zero-order valence-corrected chi connectivity index (χ0v) is 15.3. The predicted octanol–water partition coefficient (Wildman–Crippen LogP) is 2.36. The smallest absolute Gasteiger partial charge is 0.146 e. The Balaban J connectivity index is 0.00000121. The van der Waals surface area contributed by atoms with Gasteiger partial charge in [0.25, 0.3) is 0 Å². The topological polar surface area (TPSA) is 46.0 Å². The van der Waals surface area contributed by atoms with E-state index in [0.29, 0.717) is 5.92 Å². The Hall–Kier alpha value is -0.360. The Kier molecular flexibility index (Phi) is 8.11. The molecule has 7 heteroatoms. The molecule has 0 atom stereocenters. The summed E-state index contributed by atoms with van der Waals surface area (Å²) in [4.78, 5) is 2.54. The highest BCUT2D eigenvalue weighted by atomic mass is 35.5. The van der Waals surface area contributed by atoms with Crippen LogP contribution in [0.2, 0.25) is 0 Å². The van der Waals surface area contributed by atoms with E-state index in [1.54, 1.807) is 0 Å². The number of likely N-dealkylation sites (tertiary alicyclic amines) is 1. The average molecular weight is 350 g/mol. The lowest BCUT2D eigenvalue weighted by molar-refractivity contribution is 0.167. The molecule has 1 aliphatic heterocycles. The maximum absolute atomic E-state index is 4.40. The maximum atomic E-state index is 4.40. The van der Waals surface area contributed by atoms with Crippen LogP contribution in [0.5, 0.6) is 0 Å². The minimum Gasteiger partial charge on any atom is -0.320 e. The molecule has 0 spiro atoms. The van der Waals surface area contributed by atoms with Crippen LogP contribution in [0.3, 0.4) is 0 Å². The molecule has 0 unspecified atom stereocenters. The van der Waals surface area contributed by atoms with Crippen molar-refractivity contribution in [3.8, 4) is 0 Å². The van der Waals surface area contributed by atoms with Gasteiger partial charge in [0.2, 0.25) is 0 Å². The van der Waals surface area contributed by atoms with E-state index in [1.807, 2.05) is 7.05 Å². The van der Waals surface area contributed by atoms with E-state index in [2.05, 4.69) is 32.0 Å². The number of nitrogens with one attached hydrogen (secondary N) is 1. The van der Waals surface area contributed by atoms with E-state index in [1.165, 1.54) is 51.0 Å². The number of halogens is 2. The fourth-order valence-corrected chi connectivity index (χ4v) is 3.19. The second-order valence-electron chi connectivity index (χ2n) is 6.42. The van der Waals surface area contributed by atoms with Crippen LogP contribution in [0.4, 0.5) is 0 Å². The van der Waals surface area contributed by atoms with Crippen molar-refractivity contribution in [3.05, 3.63) is 11.6 Å². The van der Waals surface area contributed by atoms with Gasteiger partial charge in [0.1, 0.15) is 11.6 Å². The van der Waals surface area contributed by atoms with Gasteiger partial charge in [-0.15, -0.1) is 35.0 Å². The van der Waals surface area contributed by atoms with Crippen molar-refractivity contribution in [2.75, 3.05) is 26.7 Å². The predicted molar refractivity (Wildman–Crippen MR) is 94.0 cm³/mol. The van der Waals surface area contributed by atoms with Crippen molar-refractivity contribution in [1.82, 2.24) is 25.0 Å². The van der Waals surface area contributed by atoms with Crippen molar-refractivity contribution in [2.45, 2.75) is 44.6 Å². The summed E-state index contributed by atoms with van der Waals surface area (Å²) in [5, 5.41) is 12.0. The van der Waals surface area contributed by atoms with Gasteiger partial charge in [0.05, 0.1) is 6.54 Å². The van der Waals surface area contributed by atoms with Crippen LogP contribution in [-0.2, 0) is 13.6 Å². The fraction of sp³-hybridized carbons (Fsp3) is 0.867. The minimum atomic E-state index is 0. The summed E-state index contributed by atoms with van der Waals surface area (Å²) < 4.78 is 2.23. The number of hydrogen-bond donors (Lipinski definition) is 1. The minimum absolute atomic E-state index is 0. The molecular formula is C15H29Cl2N5. The van der Waals surface area contributed by atoms with Crippen molar-refractivity contribution in [1.29, 1.82) is 0 Å². The van der Waals surface area contributed by atoms with Gasteiger partial charge < -0.3 is 9.88 Å². The largest absolute Gasteiger partial charge is 0.320 e. The zero-order valence-electron chi connectivity index (χ0n) is 13.6. The zero-order chi connectivity index (χ0) is 13.9. The Bertz CT molecular complexity index is 439. The normalized spacial score (nSPS) is 19.5. The first-order valence-electron chi connectivity index (χ1n) is 8.03. The Morgan fingerprint density at radius 3 is 2.36 bits per heavy atom. The fourth-order valence-electron chi connectivity index (χ4n) is 3.19. The van der Waals surface area contributed by atoms with Crippen molar-refractivity contribution < 1.29 is 0 Å². The van der Waals surface area contributed by atoms with Gasteiger partial charge in [-0.3, -0.25) is 4.90 Å². The van der Waals surface area contributed by atoms with Gasteiger partial charge in [-0.05, 0) is 64.7 Å². The molecule has 1 saturated carbocycles. The van der Waals surface area contributed by atoms with Crippen LogP contribution in [-0.4, -0.2) is 46.3 Å². The second-order valence-corrected chi connectivity index (χ2v) is 6.42. The summed E-state index contributed by atoms with van der Waals surface area (Å²) in [5.41, 5.74) is 0. The first-order valence-corrected chi connectivity index (χ1v) is 8.03. The van der Waals surface area contributed by atoms with Crippen LogP contribution in [0.25, 0.3) is 0 Å². The van der Waals surface area contributed by atoms with Gasteiger partial charge in [0, 0.05) is 13.0 Å². The second kappa shape index (κ2) is 9.06. The molecule has 1 aliphatic carbocycles. The molecule has 3 rings (SSSR count). The Morgan fingerprint density at radius 1 is 1.09 bits per heavy atom. The molecule has 1 N–H and O–H groups in total. The molecule has 2 fully saturated rings. The number of rotatable bonds is 6. The summed E-state index contributed by atoms with van der Waals surface area (Å²) in [7, 11) is 4.17. The maximum Gasteiger partial charge on any atom is 0.146 e. The number of piperidine rings is 1. The quantitative estimate of drug-likeness (QED) is 0.856. The molecular weight excluding hydrogens is 321 g/mol. The summed E-state index contributed by atoms with van der Waals surface area (Å²) in [6, 6.07) is 0. The number of aromatic nitrogens is 3. The number of nitrogens with zero attached hydrogens (tertiary/aromatic N) is 4. The highest BCUT2D eigenvalue weighted by Gasteiger charge is 2.29. The molecule has 128 valence electrons. The van der Waals surface area contributed by atoms with Crippen LogP contribution in [0.15, 0.2) is 0 Å². The Morgan fingerprint density at radius 2 is 1.77 bits per heavy atom. The van der Waals surface area contributed by atoms with E-state index < -0.39 is 0 Å². The van der Waals surface area contributed by atoms with Crippen molar-refractivity contribution >= 4 is 24.8 Å². The molecule has 1 aromatic rings. The van der Waals surface area contributed by atoms with Crippen LogP contribution in [0, 0.1) is 5.92 Å². The summed E-state index contributed by atoms with van der Waals surface area (Å²) >= 11 is 0. The lowest BCUT2D eigenvalue weighted by Crippen LogP contribution is -2.34. The van der Waals surface area contributed by atoms with Crippen molar-refractivity contribution in [2.24, 2.45) is 13.0 Å². The van der Waals surface area contributed by atoms with E-state index in [9.17, 15) is 0 Å². The molecule has 0 bridgehead atoms. The third-order valence-electron chi connectivity index (χ3n) is 4.82. The van der Waals surface area contributed by atoms with E-state index >= 15 is 0 Å². The summed E-state index contributed by atoms with van der Waals surface area (Å²) in [6.07, 6.45) is 6.57.